The van der Waals surface area contributed by atoms with E-state index in [0.29, 0.717) is 0 Å². The van der Waals surface area contributed by atoms with Crippen molar-refractivity contribution >= 4 is 11.4 Å². The minimum atomic E-state index is -0.248. The fraction of sp³-hybridized carbons (Fsp3) is 0.267. The summed E-state index contributed by atoms with van der Waals surface area (Å²) < 4.78 is 13.2. The molecule has 2 rings (SSSR count). The highest BCUT2D eigenvalue weighted by molar-refractivity contribution is 5.61. The molecule has 1 heterocycles. The van der Waals surface area contributed by atoms with Crippen LogP contribution in [0.2, 0.25) is 0 Å². The van der Waals surface area contributed by atoms with E-state index in [-0.39, 0.29) is 11.9 Å². The summed E-state index contributed by atoms with van der Waals surface area (Å²) in [6.45, 7) is 2.03. The van der Waals surface area contributed by atoms with Crippen molar-refractivity contribution < 1.29 is 4.39 Å². The van der Waals surface area contributed by atoms with Crippen LogP contribution in [0.15, 0.2) is 42.6 Å². The highest BCUT2D eigenvalue weighted by Gasteiger charge is 2.08. The second-order valence-electron chi connectivity index (χ2n) is 4.49. The first-order chi connectivity index (χ1) is 9.11. The summed E-state index contributed by atoms with van der Waals surface area (Å²) in [6, 6.07) is 10.3. The Bertz CT molecular complexity index is 539. The van der Waals surface area contributed by atoms with Crippen molar-refractivity contribution in [3.63, 3.8) is 0 Å². The number of rotatable bonds is 4. The van der Waals surface area contributed by atoms with Gasteiger partial charge in [0.25, 0.3) is 0 Å². The van der Waals surface area contributed by atoms with Gasteiger partial charge in [0.1, 0.15) is 5.82 Å². The van der Waals surface area contributed by atoms with E-state index in [1.165, 1.54) is 12.1 Å². The van der Waals surface area contributed by atoms with Crippen LogP contribution in [0, 0.1) is 5.82 Å². The van der Waals surface area contributed by atoms with Gasteiger partial charge in [0.05, 0.1) is 17.6 Å². The van der Waals surface area contributed by atoms with Gasteiger partial charge in [-0.1, -0.05) is 13.0 Å². The van der Waals surface area contributed by atoms with Gasteiger partial charge >= 0.3 is 0 Å². The maximum absolute atomic E-state index is 13.2. The molecule has 2 aromatic rings. The first kappa shape index (κ1) is 13.5. The molecule has 0 fully saturated rings. The van der Waals surface area contributed by atoms with Crippen molar-refractivity contribution in [3.05, 3.63) is 54.1 Å². The number of nitrogens with two attached hydrogens (primary N) is 1. The lowest BCUT2D eigenvalue weighted by molar-refractivity contribution is 0.628. The largest absolute Gasteiger partial charge is 0.343 e. The van der Waals surface area contributed by atoms with Crippen molar-refractivity contribution in [2.75, 3.05) is 11.9 Å². The molecule has 0 saturated carbocycles. The Labute approximate surface area is 112 Å². The lowest BCUT2D eigenvalue weighted by Gasteiger charge is -2.19. The fourth-order valence-corrected chi connectivity index (χ4v) is 1.86. The minimum absolute atomic E-state index is 0.0338. The topological polar surface area (TPSA) is 42.1 Å². The molecule has 0 bridgehead atoms. The van der Waals surface area contributed by atoms with Crippen LogP contribution in [-0.2, 0) is 0 Å². The maximum atomic E-state index is 13.2. The van der Waals surface area contributed by atoms with Crippen LogP contribution in [0.25, 0.3) is 0 Å². The zero-order chi connectivity index (χ0) is 13.8. The second-order valence-corrected chi connectivity index (χ2v) is 4.49. The molecule has 0 saturated heterocycles. The Morgan fingerprint density at radius 1 is 1.26 bits per heavy atom. The van der Waals surface area contributed by atoms with Crippen molar-refractivity contribution in [1.29, 1.82) is 0 Å². The van der Waals surface area contributed by atoms with E-state index >= 15 is 0 Å². The molecule has 2 N–H and O–H groups in total. The maximum Gasteiger partial charge on any atom is 0.125 e. The summed E-state index contributed by atoms with van der Waals surface area (Å²) >= 11 is 0. The molecule has 4 heteroatoms. The van der Waals surface area contributed by atoms with Gasteiger partial charge in [-0.25, -0.2) is 4.39 Å². The zero-order valence-electron chi connectivity index (χ0n) is 11.2. The summed E-state index contributed by atoms with van der Waals surface area (Å²) in [5, 5.41) is 0. The molecule has 3 nitrogen and oxygen atoms in total. The number of pyridine rings is 1. The van der Waals surface area contributed by atoms with Gasteiger partial charge < -0.3 is 10.6 Å². The van der Waals surface area contributed by atoms with Crippen molar-refractivity contribution in [2.24, 2.45) is 5.73 Å². The van der Waals surface area contributed by atoms with Crippen LogP contribution < -0.4 is 10.6 Å². The Hall–Kier alpha value is -1.94. The van der Waals surface area contributed by atoms with Crippen LogP contribution in [0.5, 0.6) is 0 Å². The number of halogens is 1. The van der Waals surface area contributed by atoms with Crippen molar-refractivity contribution in [3.8, 4) is 0 Å². The molecular formula is C15H18FN3. The third-order valence-corrected chi connectivity index (χ3v) is 3.17. The molecule has 100 valence electrons. The van der Waals surface area contributed by atoms with Crippen LogP contribution in [0.3, 0.4) is 0 Å². The summed E-state index contributed by atoms with van der Waals surface area (Å²) in [5.41, 5.74) is 8.49. The van der Waals surface area contributed by atoms with Crippen molar-refractivity contribution in [1.82, 2.24) is 4.98 Å². The normalized spacial score (nSPS) is 12.2. The lowest BCUT2D eigenvalue weighted by atomic mass is 10.1. The highest BCUT2D eigenvalue weighted by atomic mass is 19.1. The molecule has 0 aliphatic carbocycles. The van der Waals surface area contributed by atoms with E-state index in [2.05, 4.69) is 4.98 Å². The summed E-state index contributed by atoms with van der Waals surface area (Å²) in [7, 11) is 1.88. The summed E-state index contributed by atoms with van der Waals surface area (Å²) in [5.74, 6) is -0.248. The number of hydrogen-bond acceptors (Lipinski definition) is 3. The number of benzene rings is 1. The molecule has 1 aromatic heterocycles. The third kappa shape index (κ3) is 3.09. The third-order valence-electron chi connectivity index (χ3n) is 3.17. The van der Waals surface area contributed by atoms with Gasteiger partial charge in [-0.2, -0.15) is 0 Å². The van der Waals surface area contributed by atoms with Crippen LogP contribution >= 0.6 is 0 Å². The Balaban J connectivity index is 2.22. The second kappa shape index (κ2) is 5.80. The standard InChI is InChI=1S/C15H18FN3/c1-3-14(17)15-8-7-13(10-18-15)19(2)12-6-4-5-11(16)9-12/h4-10,14H,3,17H2,1-2H3. The van der Waals surface area contributed by atoms with E-state index < -0.39 is 0 Å². The van der Waals surface area contributed by atoms with Crippen LogP contribution in [0.1, 0.15) is 25.1 Å². The molecule has 0 radical (unpaired) electrons. The van der Waals surface area contributed by atoms with Gasteiger partial charge in [-0.3, -0.25) is 4.98 Å². The SMILES string of the molecule is CCC(N)c1ccc(N(C)c2cccc(F)c2)cn1. The van der Waals surface area contributed by atoms with Crippen LogP contribution in [0.4, 0.5) is 15.8 Å². The lowest BCUT2D eigenvalue weighted by Crippen LogP contribution is -2.13. The Morgan fingerprint density at radius 3 is 2.63 bits per heavy atom. The average Bonchev–Trinajstić information content (AvgIpc) is 2.46. The number of anilines is 2. The van der Waals surface area contributed by atoms with E-state index in [0.717, 1.165) is 23.5 Å². The smallest absolute Gasteiger partial charge is 0.125 e. The van der Waals surface area contributed by atoms with E-state index in [1.54, 1.807) is 12.3 Å². The number of hydrogen-bond donors (Lipinski definition) is 1. The zero-order valence-corrected chi connectivity index (χ0v) is 11.2. The summed E-state index contributed by atoms with van der Waals surface area (Å²) in [6.07, 6.45) is 2.61. The first-order valence-corrected chi connectivity index (χ1v) is 6.32. The molecule has 19 heavy (non-hydrogen) atoms. The molecule has 0 amide bonds. The van der Waals surface area contributed by atoms with Crippen LogP contribution in [-0.4, -0.2) is 12.0 Å². The van der Waals surface area contributed by atoms with Gasteiger partial charge in [-0.15, -0.1) is 0 Å². The molecule has 1 atom stereocenters. The fourth-order valence-electron chi connectivity index (χ4n) is 1.86. The van der Waals surface area contributed by atoms with E-state index in [4.69, 9.17) is 5.73 Å². The minimum Gasteiger partial charge on any atom is -0.343 e. The summed E-state index contributed by atoms with van der Waals surface area (Å²) in [4.78, 5) is 6.24. The molecular weight excluding hydrogens is 241 g/mol. The van der Waals surface area contributed by atoms with Crippen molar-refractivity contribution in [2.45, 2.75) is 19.4 Å². The molecule has 1 aromatic carbocycles. The Morgan fingerprint density at radius 2 is 2.05 bits per heavy atom. The highest BCUT2D eigenvalue weighted by Crippen LogP contribution is 2.24. The number of nitrogens with zero attached hydrogens (tertiary/aromatic N) is 2. The van der Waals surface area contributed by atoms with Gasteiger partial charge in [-0.05, 0) is 36.8 Å². The van der Waals surface area contributed by atoms with E-state index in [1.807, 2.05) is 37.1 Å². The molecule has 0 aliphatic rings. The van der Waals surface area contributed by atoms with Gasteiger partial charge in [0.2, 0.25) is 0 Å². The monoisotopic (exact) mass is 259 g/mol. The molecule has 0 spiro atoms. The van der Waals surface area contributed by atoms with Gasteiger partial charge in [0.15, 0.2) is 0 Å². The predicted molar refractivity (Wildman–Crippen MR) is 75.9 cm³/mol. The number of aromatic nitrogens is 1. The van der Waals surface area contributed by atoms with E-state index in [9.17, 15) is 4.39 Å². The molecule has 0 aliphatic heterocycles. The average molecular weight is 259 g/mol. The molecule has 1 unspecified atom stereocenters. The Kier molecular flexibility index (Phi) is 4.12. The van der Waals surface area contributed by atoms with Gasteiger partial charge in [0, 0.05) is 18.8 Å². The predicted octanol–water partition coefficient (Wildman–Crippen LogP) is 3.40. The first-order valence-electron chi connectivity index (χ1n) is 6.32. The quantitative estimate of drug-likeness (QED) is 0.915.